The van der Waals surface area contributed by atoms with E-state index in [-0.39, 0.29) is 17.4 Å². The molecule has 6 nitrogen and oxygen atoms in total. The number of nitrogens with zero attached hydrogens (tertiary/aromatic N) is 2. The van der Waals surface area contributed by atoms with Crippen LogP contribution in [0.5, 0.6) is 5.75 Å². The molecule has 0 radical (unpaired) electrons. The van der Waals surface area contributed by atoms with Crippen LogP contribution >= 0.6 is 27.5 Å². The fraction of sp³-hybridized carbons (Fsp3) is 0.105. The van der Waals surface area contributed by atoms with Gasteiger partial charge in [-0.15, -0.1) is 0 Å². The monoisotopic (exact) mass is 482 g/mol. The van der Waals surface area contributed by atoms with Gasteiger partial charge in [0.05, 0.1) is 24.0 Å². The smallest absolute Gasteiger partial charge is 0.248 e. The van der Waals surface area contributed by atoms with Crippen molar-refractivity contribution in [3.8, 4) is 5.75 Å². The van der Waals surface area contributed by atoms with Crippen LogP contribution in [0.4, 0.5) is 26.0 Å². The van der Waals surface area contributed by atoms with Crippen LogP contribution in [-0.2, 0) is 4.79 Å². The number of halogens is 4. The minimum Gasteiger partial charge on any atom is -0.494 e. The molecule has 0 unspecified atom stereocenters. The number of nitrogens with one attached hydrogen (secondary N) is 2. The van der Waals surface area contributed by atoms with Crippen molar-refractivity contribution in [2.24, 2.45) is 0 Å². The maximum absolute atomic E-state index is 14.3. The van der Waals surface area contributed by atoms with Gasteiger partial charge in [0.25, 0.3) is 0 Å². The minimum absolute atomic E-state index is 0.0574. The van der Waals surface area contributed by atoms with Crippen LogP contribution in [0, 0.1) is 11.6 Å². The molecule has 0 atom stereocenters. The summed E-state index contributed by atoms with van der Waals surface area (Å²) < 4.78 is 33.0. The SMILES string of the molecule is COc1cc2ncnc(Nc3ccc(F)c(Cl)c3F)c2cc1NC(=O)/C=C/CBr. The molecule has 0 aliphatic carbocycles. The second-order valence-corrected chi connectivity index (χ2v) is 6.71. The van der Waals surface area contributed by atoms with Gasteiger partial charge in [-0.2, -0.15) is 0 Å². The van der Waals surface area contributed by atoms with Crippen molar-refractivity contribution in [1.29, 1.82) is 0 Å². The first kappa shape index (κ1) is 20.9. The lowest BCUT2D eigenvalue weighted by atomic mass is 10.1. The molecule has 29 heavy (non-hydrogen) atoms. The number of rotatable bonds is 6. The highest BCUT2D eigenvalue weighted by atomic mass is 79.9. The Bertz CT molecular complexity index is 1110. The summed E-state index contributed by atoms with van der Waals surface area (Å²) in [5, 5.41) is 5.88. The molecule has 1 aromatic heterocycles. The minimum atomic E-state index is -0.944. The van der Waals surface area contributed by atoms with Gasteiger partial charge in [0, 0.05) is 22.9 Å². The lowest BCUT2D eigenvalue weighted by molar-refractivity contribution is -0.111. The molecule has 1 amide bonds. The second-order valence-electron chi connectivity index (χ2n) is 5.69. The molecule has 0 bridgehead atoms. The number of allylic oxidation sites excluding steroid dienone is 1. The van der Waals surface area contributed by atoms with Crippen molar-refractivity contribution in [1.82, 2.24) is 9.97 Å². The summed E-state index contributed by atoms with van der Waals surface area (Å²) in [7, 11) is 1.46. The van der Waals surface area contributed by atoms with Crippen molar-refractivity contribution < 1.29 is 18.3 Å². The lowest BCUT2D eigenvalue weighted by Gasteiger charge is -2.14. The molecule has 0 saturated carbocycles. The Balaban J connectivity index is 2.05. The van der Waals surface area contributed by atoms with E-state index in [1.165, 1.54) is 25.6 Å². The molecule has 0 aliphatic rings. The molecule has 10 heteroatoms. The zero-order valence-electron chi connectivity index (χ0n) is 15.0. The normalized spacial score (nSPS) is 11.1. The number of benzene rings is 2. The number of methoxy groups -OCH3 is 1. The predicted octanol–water partition coefficient (Wildman–Crippen LogP) is 5.20. The molecule has 3 aromatic rings. The molecule has 1 heterocycles. The van der Waals surface area contributed by atoms with Crippen molar-refractivity contribution in [2.45, 2.75) is 0 Å². The third kappa shape index (κ3) is 4.63. The lowest BCUT2D eigenvalue weighted by Crippen LogP contribution is -2.09. The van der Waals surface area contributed by atoms with Crippen molar-refractivity contribution >= 4 is 61.5 Å². The van der Waals surface area contributed by atoms with Crippen LogP contribution < -0.4 is 15.4 Å². The Hall–Kier alpha value is -2.78. The van der Waals surface area contributed by atoms with Gasteiger partial charge in [0.2, 0.25) is 5.91 Å². The quantitative estimate of drug-likeness (QED) is 0.286. The topological polar surface area (TPSA) is 76.1 Å². The van der Waals surface area contributed by atoms with Gasteiger partial charge in [-0.05, 0) is 18.2 Å². The molecule has 3 rings (SSSR count). The van der Waals surface area contributed by atoms with Gasteiger partial charge in [-0.3, -0.25) is 4.79 Å². The third-order valence-corrected chi connectivity index (χ3v) is 4.58. The highest BCUT2D eigenvalue weighted by Crippen LogP contribution is 2.34. The number of hydrogen-bond donors (Lipinski definition) is 2. The van der Waals surface area contributed by atoms with Crippen molar-refractivity contribution in [3.05, 3.63) is 59.4 Å². The van der Waals surface area contributed by atoms with Gasteiger partial charge in [0.1, 0.15) is 28.7 Å². The number of fused-ring (bicyclic) bond motifs is 1. The van der Waals surface area contributed by atoms with E-state index in [9.17, 15) is 13.6 Å². The van der Waals surface area contributed by atoms with E-state index in [1.54, 1.807) is 18.2 Å². The van der Waals surface area contributed by atoms with Crippen LogP contribution in [0.2, 0.25) is 5.02 Å². The largest absolute Gasteiger partial charge is 0.494 e. The number of carbonyl (C=O) groups excluding carboxylic acids is 1. The van der Waals surface area contributed by atoms with Crippen molar-refractivity contribution in [2.75, 3.05) is 23.1 Å². The Kier molecular flexibility index (Phi) is 6.60. The summed E-state index contributed by atoms with van der Waals surface area (Å²) in [6.07, 6.45) is 4.29. The summed E-state index contributed by atoms with van der Waals surface area (Å²) in [5.74, 6) is -1.54. The highest BCUT2D eigenvalue weighted by molar-refractivity contribution is 9.09. The number of alkyl halides is 1. The van der Waals surface area contributed by atoms with E-state index in [0.29, 0.717) is 27.7 Å². The standard InChI is InChI=1S/C19H14BrClF2N4O2/c1-29-15-8-13-10(7-14(15)26-16(28)3-2-6-20)19(25-9-24-13)27-12-5-4-11(22)17(21)18(12)23/h2-5,7-9H,6H2,1H3,(H,26,28)(H,24,25,27)/b3-2+. The number of amides is 1. The molecule has 0 fully saturated rings. The summed E-state index contributed by atoms with van der Waals surface area (Å²) in [6, 6.07) is 5.46. The average Bonchev–Trinajstić information content (AvgIpc) is 2.72. The Morgan fingerprint density at radius 3 is 2.79 bits per heavy atom. The first-order valence-electron chi connectivity index (χ1n) is 8.21. The van der Waals surface area contributed by atoms with Gasteiger partial charge < -0.3 is 15.4 Å². The van der Waals surface area contributed by atoms with Crippen molar-refractivity contribution in [3.63, 3.8) is 0 Å². The average molecular weight is 484 g/mol. The Morgan fingerprint density at radius 1 is 1.28 bits per heavy atom. The van der Waals surface area contributed by atoms with Gasteiger partial charge in [-0.25, -0.2) is 18.7 Å². The molecule has 0 aliphatic heterocycles. The third-order valence-electron chi connectivity index (χ3n) is 3.86. The summed E-state index contributed by atoms with van der Waals surface area (Å²) in [4.78, 5) is 20.3. The predicted molar refractivity (Wildman–Crippen MR) is 112 cm³/mol. The maximum atomic E-state index is 14.3. The molecule has 2 N–H and O–H groups in total. The highest BCUT2D eigenvalue weighted by Gasteiger charge is 2.15. The zero-order chi connectivity index (χ0) is 21.0. The van der Waals surface area contributed by atoms with E-state index in [0.717, 1.165) is 6.07 Å². The summed E-state index contributed by atoms with van der Waals surface area (Å²) in [6.45, 7) is 0. The molecule has 2 aromatic carbocycles. The molecular weight excluding hydrogens is 470 g/mol. The van der Waals surface area contributed by atoms with Crippen LogP contribution in [0.1, 0.15) is 0 Å². The number of anilines is 3. The molecule has 0 saturated heterocycles. The van der Waals surface area contributed by atoms with E-state index < -0.39 is 16.7 Å². The van der Waals surface area contributed by atoms with Crippen LogP contribution in [0.25, 0.3) is 10.9 Å². The number of ether oxygens (including phenoxy) is 1. The van der Waals surface area contributed by atoms with Gasteiger partial charge in [0.15, 0.2) is 5.82 Å². The van der Waals surface area contributed by atoms with E-state index in [4.69, 9.17) is 16.3 Å². The second kappa shape index (κ2) is 9.15. The number of hydrogen-bond acceptors (Lipinski definition) is 5. The maximum Gasteiger partial charge on any atom is 0.248 e. The molecule has 0 spiro atoms. The van der Waals surface area contributed by atoms with E-state index >= 15 is 0 Å². The van der Waals surface area contributed by atoms with Crippen LogP contribution in [0.15, 0.2) is 42.7 Å². The fourth-order valence-electron chi connectivity index (χ4n) is 2.53. The van der Waals surface area contributed by atoms with Crippen LogP contribution in [-0.4, -0.2) is 28.3 Å². The number of aromatic nitrogens is 2. The Morgan fingerprint density at radius 2 is 2.07 bits per heavy atom. The van der Waals surface area contributed by atoms with Gasteiger partial charge >= 0.3 is 0 Å². The van der Waals surface area contributed by atoms with E-state index in [2.05, 4.69) is 36.5 Å². The fourth-order valence-corrected chi connectivity index (χ4v) is 2.88. The van der Waals surface area contributed by atoms with Gasteiger partial charge in [-0.1, -0.05) is 33.6 Å². The first-order chi connectivity index (χ1) is 13.9. The van der Waals surface area contributed by atoms with Crippen LogP contribution in [0.3, 0.4) is 0 Å². The molecule has 150 valence electrons. The Labute approximate surface area is 178 Å². The summed E-state index contributed by atoms with van der Waals surface area (Å²) >= 11 is 8.84. The number of carbonyl (C=O) groups is 1. The summed E-state index contributed by atoms with van der Waals surface area (Å²) in [5.41, 5.74) is 0.805. The molecular formula is C19H14BrClF2N4O2. The first-order valence-corrected chi connectivity index (χ1v) is 9.71. The zero-order valence-corrected chi connectivity index (χ0v) is 17.3. The van der Waals surface area contributed by atoms with E-state index in [1.807, 2.05) is 0 Å².